The number of amides is 1. The van der Waals surface area contributed by atoms with Crippen molar-refractivity contribution in [1.82, 2.24) is 4.90 Å². The third kappa shape index (κ3) is 4.63. The van der Waals surface area contributed by atoms with Gasteiger partial charge < -0.3 is 14.7 Å². The molecule has 122 valence electrons. The van der Waals surface area contributed by atoms with Crippen LogP contribution in [0.2, 0.25) is 0 Å². The molecule has 0 radical (unpaired) electrons. The van der Waals surface area contributed by atoms with Crippen LogP contribution < -0.4 is 4.74 Å². The molecule has 1 unspecified atom stereocenters. The van der Waals surface area contributed by atoms with E-state index in [1.807, 2.05) is 32.0 Å². The lowest BCUT2D eigenvalue weighted by Gasteiger charge is -2.16. The number of hydrogen-bond donors (Lipinski definition) is 1. The van der Waals surface area contributed by atoms with E-state index in [-0.39, 0.29) is 24.7 Å². The van der Waals surface area contributed by atoms with E-state index in [1.54, 1.807) is 4.90 Å². The van der Waals surface area contributed by atoms with Gasteiger partial charge in [-0.3, -0.25) is 9.59 Å². The van der Waals surface area contributed by atoms with Crippen molar-refractivity contribution in [2.24, 2.45) is 5.92 Å². The Morgan fingerprint density at radius 1 is 1.36 bits per heavy atom. The molecule has 0 spiro atoms. The van der Waals surface area contributed by atoms with E-state index in [2.05, 4.69) is 0 Å². The number of carboxylic acid groups (broad SMARTS) is 1. The molecule has 1 saturated heterocycles. The molecular formula is C16H22ClNO4. The number of rotatable bonds is 5. The average molecular weight is 328 g/mol. The van der Waals surface area contributed by atoms with Crippen LogP contribution in [0.15, 0.2) is 18.2 Å². The van der Waals surface area contributed by atoms with Gasteiger partial charge >= 0.3 is 5.97 Å². The fraction of sp³-hybridized carbons (Fsp3) is 0.500. The van der Waals surface area contributed by atoms with Crippen LogP contribution in [0, 0.1) is 19.8 Å². The second-order valence-corrected chi connectivity index (χ2v) is 5.53. The highest BCUT2D eigenvalue weighted by atomic mass is 35.5. The molecule has 1 aliphatic heterocycles. The largest absolute Gasteiger partial charge is 0.493 e. The van der Waals surface area contributed by atoms with E-state index in [9.17, 15) is 9.59 Å². The molecule has 1 fully saturated rings. The molecule has 0 aromatic heterocycles. The van der Waals surface area contributed by atoms with E-state index >= 15 is 0 Å². The fourth-order valence-corrected chi connectivity index (χ4v) is 2.46. The number of aliphatic carboxylic acids is 1. The van der Waals surface area contributed by atoms with Gasteiger partial charge in [0.15, 0.2) is 0 Å². The molecule has 0 saturated carbocycles. The number of hydrogen-bond acceptors (Lipinski definition) is 3. The first-order valence-corrected chi connectivity index (χ1v) is 7.18. The van der Waals surface area contributed by atoms with Crippen molar-refractivity contribution in [1.29, 1.82) is 0 Å². The van der Waals surface area contributed by atoms with Crippen LogP contribution >= 0.6 is 12.4 Å². The maximum absolute atomic E-state index is 12.0. The van der Waals surface area contributed by atoms with E-state index in [4.69, 9.17) is 9.84 Å². The fourth-order valence-electron chi connectivity index (χ4n) is 2.46. The maximum atomic E-state index is 12.0. The summed E-state index contributed by atoms with van der Waals surface area (Å²) in [6.45, 7) is 5.12. The molecule has 1 aromatic carbocycles. The lowest BCUT2D eigenvalue weighted by atomic mass is 10.1. The second kappa shape index (κ2) is 8.03. The minimum absolute atomic E-state index is 0. The molecule has 1 heterocycles. The van der Waals surface area contributed by atoms with Crippen LogP contribution in [0.25, 0.3) is 0 Å². The summed E-state index contributed by atoms with van der Waals surface area (Å²) in [5, 5.41) is 8.93. The standard InChI is InChI=1S/C16H21NO4.ClH/c1-11-3-4-12(2)14(9-11)21-8-6-15(18)17-7-5-13(10-17)16(19)20;/h3-4,9,13H,5-8,10H2,1-2H3,(H,19,20);1H. The first-order valence-electron chi connectivity index (χ1n) is 7.18. The number of nitrogens with zero attached hydrogens (tertiary/aromatic N) is 1. The highest BCUT2D eigenvalue weighted by Crippen LogP contribution is 2.20. The summed E-state index contributed by atoms with van der Waals surface area (Å²) in [6.07, 6.45) is 0.818. The summed E-state index contributed by atoms with van der Waals surface area (Å²) in [5.74, 6) is -0.484. The molecule has 0 bridgehead atoms. The predicted octanol–water partition coefficient (Wildman–Crippen LogP) is 2.43. The Morgan fingerprint density at radius 2 is 2.09 bits per heavy atom. The number of carbonyl (C=O) groups excluding carboxylic acids is 1. The number of aryl methyl sites for hydroxylation is 2. The maximum Gasteiger partial charge on any atom is 0.308 e. The third-order valence-electron chi connectivity index (χ3n) is 3.81. The number of halogens is 1. The van der Waals surface area contributed by atoms with Gasteiger partial charge in [0.05, 0.1) is 18.9 Å². The Bertz CT molecular complexity index is 547. The summed E-state index contributed by atoms with van der Waals surface area (Å²) in [5.41, 5.74) is 2.16. The van der Waals surface area contributed by atoms with Crippen molar-refractivity contribution in [2.45, 2.75) is 26.7 Å². The molecule has 1 aliphatic rings. The summed E-state index contributed by atoms with van der Waals surface area (Å²) in [6, 6.07) is 5.96. The highest BCUT2D eigenvalue weighted by Gasteiger charge is 2.30. The van der Waals surface area contributed by atoms with Crippen LogP contribution in [0.5, 0.6) is 5.75 Å². The van der Waals surface area contributed by atoms with Gasteiger partial charge in [0.2, 0.25) is 5.91 Å². The minimum atomic E-state index is -0.822. The van der Waals surface area contributed by atoms with Crippen molar-refractivity contribution >= 4 is 24.3 Å². The Balaban J connectivity index is 0.00000242. The summed E-state index contributed by atoms with van der Waals surface area (Å²) >= 11 is 0. The second-order valence-electron chi connectivity index (χ2n) is 5.53. The number of carboxylic acids is 1. The van der Waals surface area contributed by atoms with Gasteiger partial charge in [-0.25, -0.2) is 0 Å². The van der Waals surface area contributed by atoms with Gasteiger partial charge in [-0.2, -0.15) is 0 Å². The molecule has 1 aromatic rings. The molecule has 6 heteroatoms. The Labute approximate surface area is 136 Å². The number of likely N-dealkylation sites (tertiary alicyclic amines) is 1. The van der Waals surface area contributed by atoms with Gasteiger partial charge in [-0.15, -0.1) is 12.4 Å². The number of benzene rings is 1. The Hall–Kier alpha value is -1.75. The summed E-state index contributed by atoms with van der Waals surface area (Å²) in [7, 11) is 0. The minimum Gasteiger partial charge on any atom is -0.493 e. The van der Waals surface area contributed by atoms with Crippen molar-refractivity contribution in [3.8, 4) is 5.75 Å². The topological polar surface area (TPSA) is 66.8 Å². The zero-order chi connectivity index (χ0) is 15.4. The summed E-state index contributed by atoms with van der Waals surface area (Å²) in [4.78, 5) is 24.5. The molecule has 0 aliphatic carbocycles. The van der Waals surface area contributed by atoms with Crippen molar-refractivity contribution in [3.05, 3.63) is 29.3 Å². The van der Waals surface area contributed by atoms with Crippen LogP contribution in [0.1, 0.15) is 24.0 Å². The molecule has 1 atom stereocenters. The molecule has 1 N–H and O–H groups in total. The lowest BCUT2D eigenvalue weighted by molar-refractivity contribution is -0.141. The lowest BCUT2D eigenvalue weighted by Crippen LogP contribution is -2.30. The first kappa shape index (κ1) is 18.3. The van der Waals surface area contributed by atoms with Gasteiger partial charge in [0, 0.05) is 13.1 Å². The van der Waals surface area contributed by atoms with E-state index in [0.717, 1.165) is 16.9 Å². The Kier molecular flexibility index (Phi) is 6.68. The number of ether oxygens (including phenoxy) is 1. The molecule has 1 amide bonds. The van der Waals surface area contributed by atoms with E-state index in [0.29, 0.717) is 26.1 Å². The predicted molar refractivity (Wildman–Crippen MR) is 85.6 cm³/mol. The van der Waals surface area contributed by atoms with E-state index < -0.39 is 11.9 Å². The van der Waals surface area contributed by atoms with Gasteiger partial charge in [0.25, 0.3) is 0 Å². The zero-order valence-corrected chi connectivity index (χ0v) is 13.7. The molecular weight excluding hydrogens is 306 g/mol. The van der Waals surface area contributed by atoms with Crippen LogP contribution in [0.4, 0.5) is 0 Å². The van der Waals surface area contributed by atoms with Crippen LogP contribution in [-0.4, -0.2) is 41.6 Å². The van der Waals surface area contributed by atoms with Crippen molar-refractivity contribution in [3.63, 3.8) is 0 Å². The molecule has 2 rings (SSSR count). The van der Waals surface area contributed by atoms with Crippen molar-refractivity contribution < 1.29 is 19.4 Å². The smallest absolute Gasteiger partial charge is 0.308 e. The SMILES string of the molecule is Cc1ccc(C)c(OCCC(=O)N2CCC(C(=O)O)C2)c1.Cl. The van der Waals surface area contributed by atoms with Crippen molar-refractivity contribution in [2.75, 3.05) is 19.7 Å². The molecule has 22 heavy (non-hydrogen) atoms. The molecule has 5 nitrogen and oxygen atoms in total. The monoisotopic (exact) mass is 327 g/mol. The zero-order valence-electron chi connectivity index (χ0n) is 12.9. The Morgan fingerprint density at radius 3 is 2.73 bits per heavy atom. The first-order chi connectivity index (χ1) is 9.97. The van der Waals surface area contributed by atoms with Crippen LogP contribution in [0.3, 0.4) is 0 Å². The van der Waals surface area contributed by atoms with Gasteiger partial charge in [0.1, 0.15) is 5.75 Å². The quantitative estimate of drug-likeness (QED) is 0.902. The highest BCUT2D eigenvalue weighted by molar-refractivity contribution is 5.85. The van der Waals surface area contributed by atoms with Gasteiger partial charge in [-0.05, 0) is 37.5 Å². The number of carbonyl (C=O) groups is 2. The van der Waals surface area contributed by atoms with E-state index in [1.165, 1.54) is 0 Å². The average Bonchev–Trinajstić information content (AvgIpc) is 2.92. The third-order valence-corrected chi connectivity index (χ3v) is 3.81. The van der Waals surface area contributed by atoms with Gasteiger partial charge in [-0.1, -0.05) is 12.1 Å². The summed E-state index contributed by atoms with van der Waals surface area (Å²) < 4.78 is 5.66. The normalized spacial score (nSPS) is 17.0. The van der Waals surface area contributed by atoms with Crippen LogP contribution in [-0.2, 0) is 9.59 Å².